The molecule has 0 bridgehead atoms. The van der Waals surface area contributed by atoms with E-state index in [1.807, 2.05) is 40.7 Å². The molecule has 1 aliphatic rings. The SMILES string of the molecule is CCOc1cc(C)c(S(=O)(=O)N2C(C)COCC2C)cc1C. The van der Waals surface area contributed by atoms with Crippen molar-refractivity contribution in [1.82, 2.24) is 4.31 Å². The number of benzene rings is 1. The Kier molecular flexibility index (Phi) is 5.14. The highest BCUT2D eigenvalue weighted by Gasteiger charge is 2.37. The van der Waals surface area contributed by atoms with E-state index >= 15 is 0 Å². The van der Waals surface area contributed by atoms with Crippen LogP contribution in [0.25, 0.3) is 0 Å². The number of sulfonamides is 1. The van der Waals surface area contributed by atoms with Gasteiger partial charge in [0.15, 0.2) is 0 Å². The minimum Gasteiger partial charge on any atom is -0.494 e. The molecular formula is C16H25NO4S. The second-order valence-electron chi connectivity index (χ2n) is 5.89. The Bertz CT molecular complexity index is 632. The first kappa shape index (κ1) is 17.2. The van der Waals surface area contributed by atoms with Gasteiger partial charge in [-0.15, -0.1) is 0 Å². The molecule has 0 saturated carbocycles. The fourth-order valence-corrected chi connectivity index (χ4v) is 5.02. The molecule has 1 aromatic carbocycles. The molecule has 2 atom stereocenters. The molecule has 1 aromatic rings. The molecule has 1 saturated heterocycles. The second-order valence-corrected chi connectivity index (χ2v) is 7.70. The lowest BCUT2D eigenvalue weighted by Gasteiger charge is -2.37. The van der Waals surface area contributed by atoms with Crippen LogP contribution in [0.3, 0.4) is 0 Å². The first-order valence-corrected chi connectivity index (χ1v) is 9.08. The van der Waals surface area contributed by atoms with Gasteiger partial charge in [-0.2, -0.15) is 4.31 Å². The van der Waals surface area contributed by atoms with Crippen molar-refractivity contribution >= 4 is 10.0 Å². The zero-order valence-corrected chi connectivity index (χ0v) is 14.7. The number of hydrogen-bond acceptors (Lipinski definition) is 4. The predicted molar refractivity (Wildman–Crippen MR) is 85.9 cm³/mol. The van der Waals surface area contributed by atoms with Crippen molar-refractivity contribution in [2.24, 2.45) is 0 Å². The Morgan fingerprint density at radius 3 is 2.32 bits per heavy atom. The van der Waals surface area contributed by atoms with Crippen LogP contribution in [-0.2, 0) is 14.8 Å². The van der Waals surface area contributed by atoms with Crippen LogP contribution in [0.2, 0.25) is 0 Å². The molecule has 0 amide bonds. The van der Waals surface area contributed by atoms with Crippen LogP contribution >= 0.6 is 0 Å². The second kappa shape index (κ2) is 6.56. The zero-order chi connectivity index (χ0) is 16.5. The van der Waals surface area contributed by atoms with E-state index < -0.39 is 10.0 Å². The van der Waals surface area contributed by atoms with Gasteiger partial charge in [0.25, 0.3) is 0 Å². The minimum absolute atomic E-state index is 0.167. The van der Waals surface area contributed by atoms with Crippen molar-refractivity contribution in [3.8, 4) is 5.75 Å². The van der Waals surface area contributed by atoms with Crippen molar-refractivity contribution in [3.05, 3.63) is 23.3 Å². The highest BCUT2D eigenvalue weighted by atomic mass is 32.2. The van der Waals surface area contributed by atoms with E-state index in [2.05, 4.69) is 0 Å². The Balaban J connectivity index is 2.47. The van der Waals surface area contributed by atoms with Crippen LogP contribution in [0.4, 0.5) is 0 Å². The summed E-state index contributed by atoms with van der Waals surface area (Å²) in [6, 6.07) is 3.19. The van der Waals surface area contributed by atoms with E-state index in [0.29, 0.717) is 30.3 Å². The third kappa shape index (κ3) is 3.14. The lowest BCUT2D eigenvalue weighted by molar-refractivity contribution is 0.00634. The molecular weight excluding hydrogens is 302 g/mol. The first-order valence-electron chi connectivity index (χ1n) is 7.64. The van der Waals surface area contributed by atoms with Gasteiger partial charge in [-0.1, -0.05) is 0 Å². The topological polar surface area (TPSA) is 55.8 Å². The standard InChI is InChI=1S/C16H25NO4S/c1-6-21-15-7-12(3)16(8-11(15)2)22(18,19)17-13(4)9-20-10-14(17)5/h7-8,13-14H,6,9-10H2,1-5H3. The van der Waals surface area contributed by atoms with Crippen molar-refractivity contribution in [1.29, 1.82) is 0 Å². The van der Waals surface area contributed by atoms with Gasteiger partial charge < -0.3 is 9.47 Å². The lowest BCUT2D eigenvalue weighted by atomic mass is 10.1. The molecule has 5 nitrogen and oxygen atoms in total. The van der Waals surface area contributed by atoms with E-state index in [0.717, 1.165) is 11.3 Å². The molecule has 22 heavy (non-hydrogen) atoms. The largest absolute Gasteiger partial charge is 0.494 e. The maximum absolute atomic E-state index is 13.1. The van der Waals surface area contributed by atoms with Crippen molar-refractivity contribution < 1.29 is 17.9 Å². The molecule has 0 radical (unpaired) electrons. The number of ether oxygens (including phenoxy) is 2. The van der Waals surface area contributed by atoms with E-state index in [1.165, 1.54) is 0 Å². The monoisotopic (exact) mass is 327 g/mol. The zero-order valence-electron chi connectivity index (χ0n) is 13.9. The van der Waals surface area contributed by atoms with Gasteiger partial charge in [-0.3, -0.25) is 0 Å². The number of nitrogens with zero attached hydrogens (tertiary/aromatic N) is 1. The summed E-state index contributed by atoms with van der Waals surface area (Å²) < 4.78 is 38.7. The molecule has 1 aliphatic heterocycles. The maximum atomic E-state index is 13.1. The molecule has 0 aliphatic carbocycles. The Morgan fingerprint density at radius 1 is 1.18 bits per heavy atom. The summed E-state index contributed by atoms with van der Waals surface area (Å²) in [5, 5.41) is 0. The first-order chi connectivity index (χ1) is 10.3. The van der Waals surface area contributed by atoms with Gasteiger partial charge in [0.1, 0.15) is 5.75 Å². The van der Waals surface area contributed by atoms with E-state index in [9.17, 15) is 8.42 Å². The molecule has 124 valence electrons. The van der Waals surface area contributed by atoms with Crippen molar-refractivity contribution in [3.63, 3.8) is 0 Å². The summed E-state index contributed by atoms with van der Waals surface area (Å²) >= 11 is 0. The molecule has 0 spiro atoms. The van der Waals surface area contributed by atoms with Gasteiger partial charge in [0.05, 0.1) is 24.7 Å². The third-order valence-corrected chi connectivity index (χ3v) is 6.19. The van der Waals surface area contributed by atoms with Gasteiger partial charge in [-0.25, -0.2) is 8.42 Å². The summed E-state index contributed by atoms with van der Waals surface area (Å²) in [6.07, 6.45) is 0. The van der Waals surface area contributed by atoms with Gasteiger partial charge in [0, 0.05) is 12.1 Å². The quantitative estimate of drug-likeness (QED) is 0.852. The minimum atomic E-state index is -3.55. The molecule has 2 rings (SSSR count). The van der Waals surface area contributed by atoms with Crippen molar-refractivity contribution in [2.45, 2.75) is 51.6 Å². The fourth-order valence-electron chi connectivity index (χ4n) is 2.93. The summed E-state index contributed by atoms with van der Waals surface area (Å²) in [5.74, 6) is 0.738. The third-order valence-electron chi connectivity index (χ3n) is 3.91. The van der Waals surface area contributed by atoms with Crippen LogP contribution < -0.4 is 4.74 Å². The van der Waals surface area contributed by atoms with E-state index in [4.69, 9.17) is 9.47 Å². The van der Waals surface area contributed by atoms with Crippen LogP contribution in [0.5, 0.6) is 5.75 Å². The Labute approximate surface area is 133 Å². The summed E-state index contributed by atoms with van der Waals surface area (Å²) in [7, 11) is -3.55. The molecule has 0 aromatic heterocycles. The predicted octanol–water partition coefficient (Wildman–Crippen LogP) is 2.50. The van der Waals surface area contributed by atoms with Gasteiger partial charge in [0.2, 0.25) is 10.0 Å². The summed E-state index contributed by atoms with van der Waals surface area (Å²) in [4.78, 5) is 0.356. The summed E-state index contributed by atoms with van der Waals surface area (Å²) in [6.45, 7) is 10.8. The number of morpholine rings is 1. The molecule has 1 heterocycles. The lowest BCUT2D eigenvalue weighted by Crippen LogP contribution is -2.52. The molecule has 6 heteroatoms. The highest BCUT2D eigenvalue weighted by molar-refractivity contribution is 7.89. The van der Waals surface area contributed by atoms with Crippen LogP contribution in [-0.4, -0.2) is 44.6 Å². The fraction of sp³-hybridized carbons (Fsp3) is 0.625. The average Bonchev–Trinajstić information content (AvgIpc) is 2.42. The van der Waals surface area contributed by atoms with Crippen LogP contribution in [0, 0.1) is 13.8 Å². The maximum Gasteiger partial charge on any atom is 0.243 e. The highest BCUT2D eigenvalue weighted by Crippen LogP contribution is 2.30. The molecule has 2 unspecified atom stereocenters. The van der Waals surface area contributed by atoms with E-state index in [1.54, 1.807) is 10.4 Å². The Hall–Kier alpha value is -1.11. The van der Waals surface area contributed by atoms with Gasteiger partial charge >= 0.3 is 0 Å². The van der Waals surface area contributed by atoms with Crippen molar-refractivity contribution in [2.75, 3.05) is 19.8 Å². The number of aryl methyl sites for hydroxylation is 2. The Morgan fingerprint density at radius 2 is 1.77 bits per heavy atom. The van der Waals surface area contributed by atoms with Gasteiger partial charge in [-0.05, 0) is 57.9 Å². The smallest absolute Gasteiger partial charge is 0.243 e. The van der Waals surface area contributed by atoms with Crippen LogP contribution in [0.1, 0.15) is 31.9 Å². The molecule has 1 fully saturated rings. The van der Waals surface area contributed by atoms with E-state index in [-0.39, 0.29) is 12.1 Å². The molecule has 0 N–H and O–H groups in total. The normalized spacial score (nSPS) is 23.5. The number of hydrogen-bond donors (Lipinski definition) is 0. The number of rotatable bonds is 4. The average molecular weight is 327 g/mol. The summed E-state index contributed by atoms with van der Waals surface area (Å²) in [5.41, 5.74) is 1.54. The van der Waals surface area contributed by atoms with Crippen LogP contribution in [0.15, 0.2) is 17.0 Å².